The fourth-order valence-electron chi connectivity index (χ4n) is 2.05. The van der Waals surface area contributed by atoms with Gasteiger partial charge in [0.25, 0.3) is 0 Å². The van der Waals surface area contributed by atoms with Crippen LogP contribution in [0.2, 0.25) is 0 Å². The molecule has 0 saturated carbocycles. The fourth-order valence-corrected chi connectivity index (χ4v) is 2.05. The fraction of sp³-hybridized carbons (Fsp3) is 0.462. The molecule has 0 spiro atoms. The summed E-state index contributed by atoms with van der Waals surface area (Å²) < 4.78 is 5.43. The number of morpholine rings is 1. The summed E-state index contributed by atoms with van der Waals surface area (Å²) in [5, 5.41) is 2.84. The summed E-state index contributed by atoms with van der Waals surface area (Å²) in [4.78, 5) is 14.0. The Labute approximate surface area is 107 Å². The van der Waals surface area contributed by atoms with Gasteiger partial charge in [-0.2, -0.15) is 0 Å². The maximum Gasteiger partial charge on any atom is 0.238 e. The minimum absolute atomic E-state index is 0.0188. The van der Waals surface area contributed by atoms with Gasteiger partial charge in [0.1, 0.15) is 0 Å². The SMILES string of the molecule is CC1CN(CC(=O)Nc2cccc(N)c2)CCO1. The number of ether oxygens (including phenoxy) is 1. The number of rotatable bonds is 3. The maximum absolute atomic E-state index is 11.9. The lowest BCUT2D eigenvalue weighted by molar-refractivity contribution is -0.119. The van der Waals surface area contributed by atoms with Crippen molar-refractivity contribution in [3.63, 3.8) is 0 Å². The van der Waals surface area contributed by atoms with Crippen LogP contribution in [0.4, 0.5) is 11.4 Å². The second-order valence-electron chi connectivity index (χ2n) is 4.59. The largest absolute Gasteiger partial charge is 0.399 e. The van der Waals surface area contributed by atoms with E-state index < -0.39 is 0 Å². The molecule has 1 atom stereocenters. The van der Waals surface area contributed by atoms with Crippen molar-refractivity contribution in [3.8, 4) is 0 Å². The van der Waals surface area contributed by atoms with E-state index in [0.717, 1.165) is 18.8 Å². The van der Waals surface area contributed by atoms with Gasteiger partial charge in [-0.05, 0) is 25.1 Å². The van der Waals surface area contributed by atoms with Crippen LogP contribution in [0.15, 0.2) is 24.3 Å². The van der Waals surface area contributed by atoms with Crippen LogP contribution in [0.5, 0.6) is 0 Å². The molecule has 1 saturated heterocycles. The van der Waals surface area contributed by atoms with Crippen LogP contribution in [0.3, 0.4) is 0 Å². The number of nitrogen functional groups attached to an aromatic ring is 1. The van der Waals surface area contributed by atoms with Crippen molar-refractivity contribution in [1.82, 2.24) is 4.90 Å². The van der Waals surface area contributed by atoms with Crippen molar-refractivity contribution in [1.29, 1.82) is 0 Å². The molecule has 1 aromatic carbocycles. The first-order chi connectivity index (χ1) is 8.63. The Hall–Kier alpha value is -1.59. The molecule has 0 bridgehead atoms. The number of amides is 1. The maximum atomic E-state index is 11.9. The summed E-state index contributed by atoms with van der Waals surface area (Å²) in [6.07, 6.45) is 0.193. The zero-order chi connectivity index (χ0) is 13.0. The average molecular weight is 249 g/mol. The monoisotopic (exact) mass is 249 g/mol. The highest BCUT2D eigenvalue weighted by Crippen LogP contribution is 2.12. The molecule has 1 fully saturated rings. The van der Waals surface area contributed by atoms with Crippen molar-refractivity contribution in [2.75, 3.05) is 37.3 Å². The van der Waals surface area contributed by atoms with E-state index in [1.165, 1.54) is 0 Å². The van der Waals surface area contributed by atoms with Crippen LogP contribution in [-0.2, 0) is 9.53 Å². The van der Waals surface area contributed by atoms with E-state index in [-0.39, 0.29) is 12.0 Å². The Kier molecular flexibility index (Phi) is 4.17. The predicted molar refractivity (Wildman–Crippen MR) is 71.3 cm³/mol. The van der Waals surface area contributed by atoms with Gasteiger partial charge in [0.15, 0.2) is 0 Å². The number of nitrogens with two attached hydrogens (primary N) is 1. The van der Waals surface area contributed by atoms with Crippen molar-refractivity contribution in [3.05, 3.63) is 24.3 Å². The van der Waals surface area contributed by atoms with Crippen molar-refractivity contribution in [2.24, 2.45) is 0 Å². The van der Waals surface area contributed by atoms with Crippen LogP contribution < -0.4 is 11.1 Å². The van der Waals surface area contributed by atoms with E-state index in [9.17, 15) is 4.79 Å². The Morgan fingerprint density at radius 2 is 2.44 bits per heavy atom. The molecule has 1 aliphatic rings. The van der Waals surface area contributed by atoms with Gasteiger partial charge in [0.2, 0.25) is 5.91 Å². The summed E-state index contributed by atoms with van der Waals surface area (Å²) in [7, 11) is 0. The second-order valence-corrected chi connectivity index (χ2v) is 4.59. The normalized spacial score (nSPS) is 20.6. The van der Waals surface area contributed by atoms with Gasteiger partial charge in [-0.3, -0.25) is 9.69 Å². The molecule has 0 radical (unpaired) electrons. The summed E-state index contributed by atoms with van der Waals surface area (Å²) in [6, 6.07) is 7.19. The molecule has 0 aromatic heterocycles. The first-order valence-corrected chi connectivity index (χ1v) is 6.13. The summed E-state index contributed by atoms with van der Waals surface area (Å²) in [5.74, 6) is -0.0188. The minimum atomic E-state index is -0.0188. The lowest BCUT2D eigenvalue weighted by atomic mass is 10.2. The molecule has 1 heterocycles. The van der Waals surface area contributed by atoms with E-state index in [2.05, 4.69) is 10.2 Å². The third kappa shape index (κ3) is 3.72. The quantitative estimate of drug-likeness (QED) is 0.782. The smallest absolute Gasteiger partial charge is 0.238 e. The lowest BCUT2D eigenvalue weighted by Gasteiger charge is -2.30. The second kappa shape index (κ2) is 5.84. The number of nitrogens with zero attached hydrogens (tertiary/aromatic N) is 1. The van der Waals surface area contributed by atoms with Gasteiger partial charge in [-0.25, -0.2) is 0 Å². The standard InChI is InChI=1S/C13H19N3O2/c1-10-8-16(5-6-18-10)9-13(17)15-12-4-2-3-11(14)7-12/h2-4,7,10H,5-6,8-9,14H2,1H3,(H,15,17). The highest BCUT2D eigenvalue weighted by molar-refractivity contribution is 5.92. The van der Waals surface area contributed by atoms with Gasteiger partial charge in [0.05, 0.1) is 19.3 Å². The molecule has 1 amide bonds. The van der Waals surface area contributed by atoms with Crippen molar-refractivity contribution in [2.45, 2.75) is 13.0 Å². The van der Waals surface area contributed by atoms with Gasteiger partial charge in [0, 0.05) is 24.5 Å². The molecule has 98 valence electrons. The van der Waals surface area contributed by atoms with E-state index in [0.29, 0.717) is 18.8 Å². The molecule has 3 N–H and O–H groups in total. The van der Waals surface area contributed by atoms with E-state index in [1.807, 2.05) is 19.1 Å². The van der Waals surface area contributed by atoms with Gasteiger partial charge in [-0.15, -0.1) is 0 Å². The summed E-state index contributed by atoms with van der Waals surface area (Å²) in [5.41, 5.74) is 7.04. The molecule has 18 heavy (non-hydrogen) atoms. The average Bonchev–Trinajstić information content (AvgIpc) is 2.28. The molecule has 1 unspecified atom stereocenters. The molecule has 5 nitrogen and oxygen atoms in total. The van der Waals surface area contributed by atoms with Crippen LogP contribution >= 0.6 is 0 Å². The molecule has 2 rings (SSSR count). The number of hydrogen-bond acceptors (Lipinski definition) is 4. The molecule has 1 aromatic rings. The van der Waals surface area contributed by atoms with Gasteiger partial charge >= 0.3 is 0 Å². The molecular formula is C13H19N3O2. The molecular weight excluding hydrogens is 230 g/mol. The molecule has 1 aliphatic heterocycles. The highest BCUT2D eigenvalue weighted by atomic mass is 16.5. The summed E-state index contributed by atoms with van der Waals surface area (Å²) in [6.45, 7) is 4.69. The molecule has 0 aliphatic carbocycles. The van der Waals surface area contributed by atoms with Crippen molar-refractivity contribution < 1.29 is 9.53 Å². The van der Waals surface area contributed by atoms with Crippen LogP contribution in [-0.4, -0.2) is 43.2 Å². The van der Waals surface area contributed by atoms with Crippen molar-refractivity contribution >= 4 is 17.3 Å². The van der Waals surface area contributed by atoms with Crippen LogP contribution in [0, 0.1) is 0 Å². The number of anilines is 2. The first-order valence-electron chi connectivity index (χ1n) is 6.13. The predicted octanol–water partition coefficient (Wildman–Crippen LogP) is 0.928. The Bertz CT molecular complexity index is 422. The first kappa shape index (κ1) is 12.9. The van der Waals surface area contributed by atoms with E-state index >= 15 is 0 Å². The topological polar surface area (TPSA) is 67.6 Å². The highest BCUT2D eigenvalue weighted by Gasteiger charge is 2.18. The number of benzene rings is 1. The van der Waals surface area contributed by atoms with Crippen LogP contribution in [0.25, 0.3) is 0 Å². The number of carbonyl (C=O) groups excluding carboxylic acids is 1. The zero-order valence-corrected chi connectivity index (χ0v) is 10.6. The number of hydrogen-bond donors (Lipinski definition) is 2. The van der Waals surface area contributed by atoms with E-state index in [4.69, 9.17) is 10.5 Å². The Morgan fingerprint density at radius 3 is 3.17 bits per heavy atom. The van der Waals surface area contributed by atoms with Crippen LogP contribution in [0.1, 0.15) is 6.92 Å². The molecule has 5 heteroatoms. The zero-order valence-electron chi connectivity index (χ0n) is 10.6. The number of carbonyl (C=O) groups is 1. The Morgan fingerprint density at radius 1 is 1.61 bits per heavy atom. The van der Waals surface area contributed by atoms with Gasteiger partial charge < -0.3 is 15.8 Å². The number of nitrogens with one attached hydrogen (secondary N) is 1. The van der Waals surface area contributed by atoms with Gasteiger partial charge in [-0.1, -0.05) is 6.07 Å². The minimum Gasteiger partial charge on any atom is -0.399 e. The third-order valence-electron chi connectivity index (χ3n) is 2.86. The summed E-state index contributed by atoms with van der Waals surface area (Å²) >= 11 is 0. The Balaban J connectivity index is 1.85. The lowest BCUT2D eigenvalue weighted by Crippen LogP contribution is -2.44. The third-order valence-corrected chi connectivity index (χ3v) is 2.86. The van der Waals surface area contributed by atoms with E-state index in [1.54, 1.807) is 12.1 Å².